The zero-order chi connectivity index (χ0) is 8.10. The molecule has 0 bridgehead atoms. The fraction of sp³-hybridized carbons (Fsp3) is 0.625. The summed E-state index contributed by atoms with van der Waals surface area (Å²) < 4.78 is 5.17. The Morgan fingerprint density at radius 1 is 1.45 bits per heavy atom. The lowest BCUT2D eigenvalue weighted by atomic mass is 10.1. The molecule has 0 aromatic carbocycles. The van der Waals surface area contributed by atoms with Gasteiger partial charge in [-0.25, -0.2) is 4.79 Å². The van der Waals surface area contributed by atoms with E-state index >= 15 is 0 Å². The SMILES string of the molecule is O=C(O)C=C1CCCOCC1. The van der Waals surface area contributed by atoms with Gasteiger partial charge < -0.3 is 9.84 Å². The largest absolute Gasteiger partial charge is 0.478 e. The summed E-state index contributed by atoms with van der Waals surface area (Å²) in [5, 5.41) is 8.44. The van der Waals surface area contributed by atoms with Crippen molar-refractivity contribution in [3.05, 3.63) is 11.6 Å². The Labute approximate surface area is 65.7 Å². The molecule has 1 aliphatic rings. The van der Waals surface area contributed by atoms with E-state index in [1.807, 2.05) is 0 Å². The smallest absolute Gasteiger partial charge is 0.328 e. The Hall–Kier alpha value is -0.830. The van der Waals surface area contributed by atoms with Gasteiger partial charge in [-0.15, -0.1) is 0 Å². The molecule has 3 heteroatoms. The molecule has 1 saturated heterocycles. The molecule has 0 atom stereocenters. The summed E-state index contributed by atoms with van der Waals surface area (Å²) in [6.45, 7) is 1.43. The number of carboxylic acid groups (broad SMARTS) is 1. The first-order chi connectivity index (χ1) is 5.29. The lowest BCUT2D eigenvalue weighted by Gasteiger charge is -1.97. The van der Waals surface area contributed by atoms with Crippen molar-refractivity contribution in [3.63, 3.8) is 0 Å². The summed E-state index contributed by atoms with van der Waals surface area (Å²) in [4.78, 5) is 10.3. The molecule has 0 aromatic heterocycles. The highest BCUT2D eigenvalue weighted by molar-refractivity contribution is 5.80. The summed E-state index contributed by atoms with van der Waals surface area (Å²) in [6, 6.07) is 0. The van der Waals surface area contributed by atoms with Crippen molar-refractivity contribution >= 4 is 5.97 Å². The number of rotatable bonds is 1. The van der Waals surface area contributed by atoms with E-state index in [9.17, 15) is 4.79 Å². The zero-order valence-corrected chi connectivity index (χ0v) is 6.38. The summed E-state index contributed by atoms with van der Waals surface area (Å²) in [5.41, 5.74) is 0.995. The van der Waals surface area contributed by atoms with Crippen molar-refractivity contribution in [2.45, 2.75) is 19.3 Å². The molecular weight excluding hydrogens is 144 g/mol. The zero-order valence-electron chi connectivity index (χ0n) is 6.38. The molecule has 3 nitrogen and oxygen atoms in total. The fourth-order valence-electron chi connectivity index (χ4n) is 1.15. The second kappa shape index (κ2) is 4.13. The Morgan fingerprint density at radius 2 is 2.27 bits per heavy atom. The summed E-state index contributed by atoms with van der Waals surface area (Å²) in [7, 11) is 0. The van der Waals surface area contributed by atoms with Gasteiger partial charge in [0.1, 0.15) is 0 Å². The van der Waals surface area contributed by atoms with Crippen LogP contribution in [0.25, 0.3) is 0 Å². The maximum absolute atomic E-state index is 10.3. The van der Waals surface area contributed by atoms with Crippen molar-refractivity contribution in [1.29, 1.82) is 0 Å². The second-order valence-electron chi connectivity index (χ2n) is 2.61. The van der Waals surface area contributed by atoms with Crippen LogP contribution in [-0.4, -0.2) is 24.3 Å². The van der Waals surface area contributed by atoms with Crippen LogP contribution in [0, 0.1) is 0 Å². The molecule has 62 valence electrons. The van der Waals surface area contributed by atoms with Gasteiger partial charge in [-0.3, -0.25) is 0 Å². The summed E-state index contributed by atoms with van der Waals surface area (Å²) in [5.74, 6) is -0.845. The minimum Gasteiger partial charge on any atom is -0.478 e. The van der Waals surface area contributed by atoms with E-state index in [0.29, 0.717) is 6.61 Å². The number of ether oxygens (including phenoxy) is 1. The molecule has 1 aliphatic heterocycles. The fourth-order valence-corrected chi connectivity index (χ4v) is 1.15. The molecule has 0 amide bonds. The maximum atomic E-state index is 10.3. The van der Waals surface area contributed by atoms with Gasteiger partial charge in [0, 0.05) is 12.7 Å². The van der Waals surface area contributed by atoms with E-state index in [4.69, 9.17) is 9.84 Å². The van der Waals surface area contributed by atoms with Gasteiger partial charge in [0.15, 0.2) is 0 Å². The van der Waals surface area contributed by atoms with Crippen LogP contribution in [0.15, 0.2) is 11.6 Å². The summed E-state index contributed by atoms with van der Waals surface area (Å²) >= 11 is 0. The normalized spacial score (nSPS) is 23.1. The van der Waals surface area contributed by atoms with Gasteiger partial charge in [0.05, 0.1) is 6.61 Å². The molecule has 1 rings (SSSR count). The van der Waals surface area contributed by atoms with E-state index in [-0.39, 0.29) is 0 Å². The van der Waals surface area contributed by atoms with Crippen molar-refractivity contribution in [1.82, 2.24) is 0 Å². The third-order valence-electron chi connectivity index (χ3n) is 1.68. The maximum Gasteiger partial charge on any atom is 0.328 e. The van der Waals surface area contributed by atoms with Gasteiger partial charge in [-0.05, 0) is 19.3 Å². The van der Waals surface area contributed by atoms with Crippen LogP contribution >= 0.6 is 0 Å². The van der Waals surface area contributed by atoms with Crippen LogP contribution in [0.4, 0.5) is 0 Å². The third-order valence-corrected chi connectivity index (χ3v) is 1.68. The van der Waals surface area contributed by atoms with Crippen molar-refractivity contribution in [3.8, 4) is 0 Å². The van der Waals surface area contributed by atoms with E-state index < -0.39 is 5.97 Å². The number of hydrogen-bond donors (Lipinski definition) is 1. The Kier molecular flexibility index (Phi) is 3.11. The lowest BCUT2D eigenvalue weighted by Crippen LogP contribution is -1.93. The molecule has 1 fully saturated rings. The molecule has 1 N–H and O–H groups in total. The molecule has 0 radical (unpaired) electrons. The summed E-state index contributed by atoms with van der Waals surface area (Å²) in [6.07, 6.45) is 3.88. The highest BCUT2D eigenvalue weighted by Crippen LogP contribution is 2.13. The molecule has 11 heavy (non-hydrogen) atoms. The first kappa shape index (κ1) is 8.27. The standard InChI is InChI=1S/C8H12O3/c9-8(10)6-7-2-1-4-11-5-3-7/h6H,1-5H2,(H,9,10). The predicted octanol–water partition coefficient (Wildman–Crippen LogP) is 1.20. The average molecular weight is 156 g/mol. The van der Waals surface area contributed by atoms with E-state index in [2.05, 4.69) is 0 Å². The van der Waals surface area contributed by atoms with Gasteiger partial charge in [-0.1, -0.05) is 5.57 Å². The molecule has 0 saturated carbocycles. The first-order valence-electron chi connectivity index (χ1n) is 3.79. The van der Waals surface area contributed by atoms with Crippen molar-refractivity contribution < 1.29 is 14.6 Å². The van der Waals surface area contributed by atoms with E-state index in [0.717, 1.165) is 31.4 Å². The van der Waals surface area contributed by atoms with Crippen LogP contribution in [0.1, 0.15) is 19.3 Å². The highest BCUT2D eigenvalue weighted by Gasteiger charge is 2.05. The second-order valence-corrected chi connectivity index (χ2v) is 2.61. The topological polar surface area (TPSA) is 46.5 Å². The number of carboxylic acids is 1. The van der Waals surface area contributed by atoms with Crippen LogP contribution in [0.3, 0.4) is 0 Å². The Balaban J connectivity index is 2.48. The number of carbonyl (C=O) groups is 1. The Morgan fingerprint density at radius 3 is 3.00 bits per heavy atom. The van der Waals surface area contributed by atoms with Crippen LogP contribution < -0.4 is 0 Å². The quantitative estimate of drug-likeness (QED) is 0.580. The van der Waals surface area contributed by atoms with E-state index in [1.165, 1.54) is 6.08 Å². The van der Waals surface area contributed by atoms with Crippen LogP contribution in [0.5, 0.6) is 0 Å². The van der Waals surface area contributed by atoms with Gasteiger partial charge >= 0.3 is 5.97 Å². The monoisotopic (exact) mass is 156 g/mol. The molecule has 0 spiro atoms. The molecule has 0 aliphatic carbocycles. The predicted molar refractivity (Wildman–Crippen MR) is 40.4 cm³/mol. The molecule has 1 heterocycles. The number of aliphatic carboxylic acids is 1. The van der Waals surface area contributed by atoms with Gasteiger partial charge in [0.2, 0.25) is 0 Å². The Bertz CT molecular complexity index is 162. The number of hydrogen-bond acceptors (Lipinski definition) is 2. The highest BCUT2D eigenvalue weighted by atomic mass is 16.5. The minimum absolute atomic E-state index is 0.666. The minimum atomic E-state index is -0.845. The van der Waals surface area contributed by atoms with Crippen molar-refractivity contribution in [2.75, 3.05) is 13.2 Å². The van der Waals surface area contributed by atoms with Gasteiger partial charge in [0.25, 0.3) is 0 Å². The average Bonchev–Trinajstić information content (AvgIpc) is 2.14. The molecule has 0 unspecified atom stereocenters. The molecular formula is C8H12O3. The lowest BCUT2D eigenvalue weighted by molar-refractivity contribution is -0.131. The molecule has 0 aromatic rings. The van der Waals surface area contributed by atoms with Crippen molar-refractivity contribution in [2.24, 2.45) is 0 Å². The van der Waals surface area contributed by atoms with Crippen LogP contribution in [0.2, 0.25) is 0 Å². The van der Waals surface area contributed by atoms with Gasteiger partial charge in [-0.2, -0.15) is 0 Å². The van der Waals surface area contributed by atoms with Crippen LogP contribution in [-0.2, 0) is 9.53 Å². The first-order valence-corrected chi connectivity index (χ1v) is 3.79. The third kappa shape index (κ3) is 3.18. The van der Waals surface area contributed by atoms with E-state index in [1.54, 1.807) is 0 Å².